The first-order valence-corrected chi connectivity index (χ1v) is 12.8. The van der Waals surface area contributed by atoms with E-state index in [4.69, 9.17) is 10.3 Å². The third-order valence-corrected chi connectivity index (χ3v) is 7.58. The third kappa shape index (κ3) is 5.61. The minimum atomic E-state index is -2.80. The monoisotopic (exact) mass is 477 g/mol. The Kier molecular flexibility index (Phi) is 6.86. The minimum Gasteiger partial charge on any atom is -0.386 e. The molecule has 4 N–H and O–H groups in total. The molecular formula is C22H25FN3O4PS. The molecule has 1 aromatic carbocycles. The molecule has 1 amide bonds. The molecule has 2 aromatic heterocycles. The van der Waals surface area contributed by atoms with Gasteiger partial charge in [0.1, 0.15) is 16.6 Å². The largest absolute Gasteiger partial charge is 0.386 e. The van der Waals surface area contributed by atoms with Gasteiger partial charge in [-0.1, -0.05) is 18.2 Å². The Morgan fingerprint density at radius 1 is 1.31 bits per heavy atom. The highest BCUT2D eigenvalue weighted by molar-refractivity contribution is 7.57. The molecule has 0 spiro atoms. The summed E-state index contributed by atoms with van der Waals surface area (Å²) in [6.45, 7) is 4.68. The van der Waals surface area contributed by atoms with Crippen LogP contribution in [0.5, 0.6) is 0 Å². The zero-order valence-corrected chi connectivity index (χ0v) is 19.9. The molecule has 0 aliphatic rings. The van der Waals surface area contributed by atoms with Crippen LogP contribution in [-0.2, 0) is 20.9 Å². The number of benzene rings is 1. The predicted octanol–water partition coefficient (Wildman–Crippen LogP) is 5.07. The van der Waals surface area contributed by atoms with Gasteiger partial charge < -0.3 is 20.7 Å². The van der Waals surface area contributed by atoms with Gasteiger partial charge in [-0.25, -0.2) is 9.37 Å². The van der Waals surface area contributed by atoms with Crippen LogP contribution < -0.4 is 11.1 Å². The predicted molar refractivity (Wildman–Crippen MR) is 125 cm³/mol. The zero-order chi connectivity index (χ0) is 23.7. The molecule has 1 unspecified atom stereocenters. The number of nitrogens with zero attached hydrogens (tertiary/aromatic N) is 1. The second-order valence-corrected chi connectivity index (χ2v) is 11.7. The number of nitrogens with two attached hydrogens (primary N) is 1. The zero-order valence-electron chi connectivity index (χ0n) is 18.2. The van der Waals surface area contributed by atoms with Crippen molar-refractivity contribution in [1.29, 1.82) is 0 Å². The number of thiophene rings is 1. The molecule has 0 radical (unpaired) electrons. The SMILES string of the molecule is COP(C)(=O)Cc1cccc(Nc2sc(-c3ccc(C(C)(C)O)cc3F)cc2C(N)=O)n1. The molecule has 0 aliphatic carbocycles. The lowest BCUT2D eigenvalue weighted by Crippen LogP contribution is -2.15. The first-order valence-electron chi connectivity index (χ1n) is 9.71. The topological polar surface area (TPSA) is 115 Å². The van der Waals surface area contributed by atoms with E-state index < -0.39 is 24.7 Å². The third-order valence-electron chi connectivity index (χ3n) is 4.82. The molecule has 0 aliphatic heterocycles. The maximum absolute atomic E-state index is 14.8. The van der Waals surface area contributed by atoms with Crippen molar-refractivity contribution in [3.8, 4) is 10.4 Å². The first kappa shape index (κ1) is 24.1. The Balaban J connectivity index is 1.95. The second kappa shape index (κ2) is 9.11. The van der Waals surface area contributed by atoms with Crippen molar-refractivity contribution < 1.29 is 23.4 Å². The maximum Gasteiger partial charge on any atom is 0.251 e. The molecule has 0 saturated heterocycles. The number of primary amides is 1. The van der Waals surface area contributed by atoms with Gasteiger partial charge in [0.05, 0.1) is 23.0 Å². The fourth-order valence-corrected chi connectivity index (χ4v) is 5.00. The number of hydrogen-bond acceptors (Lipinski definition) is 7. The summed E-state index contributed by atoms with van der Waals surface area (Å²) in [7, 11) is -1.41. The fourth-order valence-electron chi connectivity index (χ4n) is 3.01. The van der Waals surface area contributed by atoms with Crippen LogP contribution in [0.2, 0.25) is 0 Å². The van der Waals surface area contributed by atoms with E-state index in [1.54, 1.807) is 44.2 Å². The van der Waals surface area contributed by atoms with E-state index in [0.29, 0.717) is 27.0 Å². The maximum atomic E-state index is 14.8. The van der Waals surface area contributed by atoms with E-state index >= 15 is 0 Å². The van der Waals surface area contributed by atoms with Crippen LogP contribution in [0.4, 0.5) is 15.2 Å². The number of carbonyl (C=O) groups excluding carboxylic acids is 1. The lowest BCUT2D eigenvalue weighted by Gasteiger charge is -2.18. The molecule has 0 saturated carbocycles. The van der Waals surface area contributed by atoms with Gasteiger partial charge in [-0.2, -0.15) is 0 Å². The Morgan fingerprint density at radius 3 is 2.62 bits per heavy atom. The Bertz CT molecular complexity index is 1210. The normalized spacial score (nSPS) is 13.6. The van der Waals surface area contributed by atoms with E-state index in [2.05, 4.69) is 10.3 Å². The van der Waals surface area contributed by atoms with Gasteiger partial charge in [0.15, 0.2) is 0 Å². The number of aromatic nitrogens is 1. The number of pyridine rings is 1. The van der Waals surface area contributed by atoms with Crippen LogP contribution in [-0.4, -0.2) is 29.8 Å². The molecule has 170 valence electrons. The van der Waals surface area contributed by atoms with Crippen molar-refractivity contribution in [2.75, 3.05) is 19.1 Å². The molecule has 0 fully saturated rings. The first-order chi connectivity index (χ1) is 14.9. The smallest absolute Gasteiger partial charge is 0.251 e. The minimum absolute atomic E-state index is 0.163. The van der Waals surface area contributed by atoms with Crippen molar-refractivity contribution >= 4 is 35.4 Å². The second-order valence-electron chi connectivity index (χ2n) is 7.97. The average Bonchev–Trinajstić information content (AvgIpc) is 3.11. The number of amides is 1. The van der Waals surface area contributed by atoms with Crippen molar-refractivity contribution in [3.05, 3.63) is 65.1 Å². The van der Waals surface area contributed by atoms with Gasteiger partial charge in [-0.15, -0.1) is 11.3 Å². The van der Waals surface area contributed by atoms with Gasteiger partial charge in [0.25, 0.3) is 5.91 Å². The van der Waals surface area contributed by atoms with Crippen molar-refractivity contribution in [2.45, 2.75) is 25.6 Å². The number of halogens is 1. The van der Waals surface area contributed by atoms with Gasteiger partial charge in [0, 0.05) is 24.2 Å². The molecule has 0 bridgehead atoms. The Morgan fingerprint density at radius 2 is 2.03 bits per heavy atom. The summed E-state index contributed by atoms with van der Waals surface area (Å²) < 4.78 is 32.1. The lowest BCUT2D eigenvalue weighted by atomic mass is 9.96. The Hall–Kier alpha value is -2.58. The van der Waals surface area contributed by atoms with Gasteiger partial charge in [-0.3, -0.25) is 9.36 Å². The van der Waals surface area contributed by atoms with E-state index in [0.717, 1.165) is 11.3 Å². The van der Waals surface area contributed by atoms with Gasteiger partial charge >= 0.3 is 0 Å². The summed E-state index contributed by atoms with van der Waals surface area (Å²) >= 11 is 1.15. The van der Waals surface area contributed by atoms with E-state index in [1.807, 2.05) is 0 Å². The molecule has 1 atom stereocenters. The van der Waals surface area contributed by atoms with E-state index in [1.165, 1.54) is 25.9 Å². The van der Waals surface area contributed by atoms with Crippen LogP contribution in [0, 0.1) is 5.82 Å². The summed E-state index contributed by atoms with van der Waals surface area (Å²) in [6.07, 6.45) is 0.163. The van der Waals surface area contributed by atoms with Crippen LogP contribution in [0.25, 0.3) is 10.4 Å². The van der Waals surface area contributed by atoms with Crippen molar-refractivity contribution in [1.82, 2.24) is 4.98 Å². The number of rotatable bonds is 8. The molecular weight excluding hydrogens is 452 g/mol. The molecule has 32 heavy (non-hydrogen) atoms. The Labute approximate surface area is 189 Å². The van der Waals surface area contributed by atoms with Crippen molar-refractivity contribution in [2.24, 2.45) is 5.73 Å². The average molecular weight is 477 g/mol. The van der Waals surface area contributed by atoms with E-state index in [-0.39, 0.29) is 17.3 Å². The van der Waals surface area contributed by atoms with Crippen LogP contribution >= 0.6 is 18.7 Å². The van der Waals surface area contributed by atoms with Crippen LogP contribution in [0.3, 0.4) is 0 Å². The van der Waals surface area contributed by atoms with E-state index in [9.17, 15) is 18.9 Å². The number of aliphatic hydroxyl groups is 1. The highest BCUT2D eigenvalue weighted by Crippen LogP contribution is 2.45. The van der Waals surface area contributed by atoms with Crippen LogP contribution in [0.1, 0.15) is 35.5 Å². The summed E-state index contributed by atoms with van der Waals surface area (Å²) in [5.41, 5.74) is 5.84. The summed E-state index contributed by atoms with van der Waals surface area (Å²) in [5, 5.41) is 13.6. The van der Waals surface area contributed by atoms with Crippen molar-refractivity contribution in [3.63, 3.8) is 0 Å². The molecule has 3 rings (SSSR count). The molecule has 2 heterocycles. The number of hydrogen-bond donors (Lipinski definition) is 3. The quantitative estimate of drug-likeness (QED) is 0.390. The fraction of sp³-hybridized carbons (Fsp3) is 0.273. The number of nitrogens with one attached hydrogen (secondary N) is 1. The molecule has 7 nitrogen and oxygen atoms in total. The standard InChI is InChI=1S/C22H25FN3O4PS/c1-22(2,28)13-8-9-15(17(23)10-13)18-11-16(20(24)27)21(32-18)26-19-7-5-6-14(25-19)12-31(4,29)30-3/h5-11,28H,12H2,1-4H3,(H2,24,27)(H,25,26). The van der Waals surface area contributed by atoms with Gasteiger partial charge in [0.2, 0.25) is 7.37 Å². The van der Waals surface area contributed by atoms with Gasteiger partial charge in [-0.05, 0) is 43.7 Å². The summed E-state index contributed by atoms with van der Waals surface area (Å²) in [5.74, 6) is -0.767. The highest BCUT2D eigenvalue weighted by Gasteiger charge is 2.21. The van der Waals surface area contributed by atoms with Crippen LogP contribution in [0.15, 0.2) is 42.5 Å². The lowest BCUT2D eigenvalue weighted by molar-refractivity contribution is 0.0782. The number of anilines is 2. The summed E-state index contributed by atoms with van der Waals surface area (Å²) in [6, 6.07) is 11.2. The number of carbonyl (C=O) groups is 1. The molecule has 3 aromatic rings. The highest BCUT2D eigenvalue weighted by atomic mass is 32.1. The summed E-state index contributed by atoms with van der Waals surface area (Å²) in [4.78, 5) is 16.9. The molecule has 10 heteroatoms.